The minimum absolute atomic E-state index is 0.0455. The molecule has 0 unspecified atom stereocenters. The third kappa shape index (κ3) is 5.40. The maximum atomic E-state index is 12.4. The number of carbonyl (C=O) groups is 1. The summed E-state index contributed by atoms with van der Waals surface area (Å²) in [5.74, 6) is 1.24. The molecule has 8 nitrogen and oxygen atoms in total. The van der Waals surface area contributed by atoms with E-state index in [0.29, 0.717) is 5.92 Å². The first-order valence-corrected chi connectivity index (χ1v) is 15.9. The van der Waals surface area contributed by atoms with Gasteiger partial charge in [0.1, 0.15) is 5.01 Å². The van der Waals surface area contributed by atoms with Crippen molar-refractivity contribution in [2.75, 3.05) is 39.3 Å². The van der Waals surface area contributed by atoms with E-state index in [4.69, 9.17) is 19.7 Å². The van der Waals surface area contributed by atoms with Crippen LogP contribution in [-0.2, 0) is 14.4 Å². The third-order valence-corrected chi connectivity index (χ3v) is 11.0. The lowest BCUT2D eigenvalue weighted by molar-refractivity contribution is -0.174. The van der Waals surface area contributed by atoms with Gasteiger partial charge in [-0.25, -0.2) is 14.6 Å². The zero-order valence-electron chi connectivity index (χ0n) is 24.2. The Morgan fingerprint density at radius 1 is 1.00 bits per heavy atom. The summed E-state index contributed by atoms with van der Waals surface area (Å²) in [5.41, 5.74) is 3.43. The monoisotopic (exact) mass is 565 g/mol. The minimum atomic E-state index is 0.0455. The van der Waals surface area contributed by atoms with Gasteiger partial charge in [-0.15, -0.1) is 0 Å². The molecule has 1 saturated heterocycles. The third-order valence-electron chi connectivity index (χ3n) is 9.96. The number of hydrogen-bond acceptors (Lipinski definition) is 7. The molecule has 1 aromatic carbocycles. The number of carbonyl (C=O) groups excluding carboxylic acids is 1. The van der Waals surface area contributed by atoms with Gasteiger partial charge in [-0.3, -0.25) is 9.63 Å². The summed E-state index contributed by atoms with van der Waals surface area (Å²) in [5, 5.41) is 7.37. The number of fused-ring (bicyclic) bond motifs is 1. The van der Waals surface area contributed by atoms with Crippen LogP contribution in [0.25, 0.3) is 16.2 Å². The second kappa shape index (κ2) is 11.8. The van der Waals surface area contributed by atoms with E-state index in [2.05, 4.69) is 29.2 Å². The molecular formula is C31H43N5O3S. The zero-order chi connectivity index (χ0) is 27.7. The van der Waals surface area contributed by atoms with Crippen molar-refractivity contribution in [3.8, 4) is 11.3 Å². The van der Waals surface area contributed by atoms with Gasteiger partial charge in [0.05, 0.1) is 24.6 Å². The lowest BCUT2D eigenvalue weighted by Crippen LogP contribution is -2.50. The molecule has 2 aromatic heterocycles. The summed E-state index contributed by atoms with van der Waals surface area (Å²) in [6, 6.07) is 8.86. The molecule has 216 valence electrons. The molecule has 0 radical (unpaired) electrons. The summed E-state index contributed by atoms with van der Waals surface area (Å²) in [4.78, 5) is 25.9. The Hall–Kier alpha value is -2.49. The zero-order valence-corrected chi connectivity index (χ0v) is 25.0. The molecule has 3 heterocycles. The number of ether oxygens (including phenoxy) is 1. The molecule has 6 rings (SSSR count). The number of piperidine rings is 1. The lowest BCUT2D eigenvalue weighted by atomic mass is 9.72. The summed E-state index contributed by atoms with van der Waals surface area (Å²) in [6.07, 6.45) is 14.7. The van der Waals surface area contributed by atoms with Crippen LogP contribution >= 0.6 is 11.3 Å². The SMILES string of the molecule is CON(C)C(=O)C1CCC(c2nn3cc(-c4ccc(N5CCC(OC)(C6CCCCC6)CC5)cc4)nc3s2)CC1. The Morgan fingerprint density at radius 2 is 1.70 bits per heavy atom. The molecule has 3 aliphatic rings. The Balaban J connectivity index is 1.06. The van der Waals surface area contributed by atoms with Crippen LogP contribution in [0.3, 0.4) is 0 Å². The van der Waals surface area contributed by atoms with Crippen molar-refractivity contribution in [2.45, 2.75) is 82.1 Å². The molecular weight excluding hydrogens is 522 g/mol. The molecule has 3 aromatic rings. The van der Waals surface area contributed by atoms with Crippen molar-refractivity contribution in [3.63, 3.8) is 0 Å². The number of nitrogens with zero attached hydrogens (tertiary/aromatic N) is 5. The average Bonchev–Trinajstić information content (AvgIpc) is 3.61. The maximum absolute atomic E-state index is 12.4. The van der Waals surface area contributed by atoms with E-state index < -0.39 is 0 Å². The van der Waals surface area contributed by atoms with E-state index in [0.717, 1.165) is 78.8 Å². The Kier molecular flexibility index (Phi) is 8.15. The fourth-order valence-electron chi connectivity index (χ4n) is 7.35. The lowest BCUT2D eigenvalue weighted by Gasteiger charge is -2.47. The van der Waals surface area contributed by atoms with Gasteiger partial charge in [0.25, 0.3) is 0 Å². The van der Waals surface area contributed by atoms with E-state index in [1.54, 1.807) is 18.4 Å². The van der Waals surface area contributed by atoms with Gasteiger partial charge in [0.15, 0.2) is 0 Å². The van der Waals surface area contributed by atoms with Crippen LogP contribution < -0.4 is 4.90 Å². The van der Waals surface area contributed by atoms with Gasteiger partial charge in [0, 0.05) is 50.3 Å². The highest BCUT2D eigenvalue weighted by molar-refractivity contribution is 7.16. The fraction of sp³-hybridized carbons (Fsp3) is 0.645. The fourth-order valence-corrected chi connectivity index (χ4v) is 8.40. The molecule has 2 aliphatic carbocycles. The number of aromatic nitrogens is 3. The summed E-state index contributed by atoms with van der Waals surface area (Å²) >= 11 is 1.68. The van der Waals surface area contributed by atoms with Gasteiger partial charge in [-0.2, -0.15) is 5.10 Å². The Labute approximate surface area is 241 Å². The number of rotatable bonds is 7. The highest BCUT2D eigenvalue weighted by Gasteiger charge is 2.42. The van der Waals surface area contributed by atoms with Crippen LogP contribution in [0.15, 0.2) is 30.5 Å². The van der Waals surface area contributed by atoms with Crippen molar-refractivity contribution >= 4 is 27.9 Å². The normalized spacial score (nSPS) is 23.9. The molecule has 3 fully saturated rings. The van der Waals surface area contributed by atoms with Gasteiger partial charge in [-0.05, 0) is 69.4 Å². The van der Waals surface area contributed by atoms with E-state index >= 15 is 0 Å². The molecule has 1 amide bonds. The largest absolute Gasteiger partial charge is 0.378 e. The van der Waals surface area contributed by atoms with Crippen molar-refractivity contribution in [1.82, 2.24) is 19.7 Å². The van der Waals surface area contributed by atoms with E-state index in [-0.39, 0.29) is 17.4 Å². The van der Waals surface area contributed by atoms with Crippen LogP contribution in [0.4, 0.5) is 5.69 Å². The first-order chi connectivity index (χ1) is 19.5. The van der Waals surface area contributed by atoms with Crippen LogP contribution in [0.1, 0.15) is 81.6 Å². The number of hydrogen-bond donors (Lipinski definition) is 0. The van der Waals surface area contributed by atoms with E-state index in [1.165, 1.54) is 50.0 Å². The van der Waals surface area contributed by atoms with E-state index in [1.807, 2.05) is 17.8 Å². The number of anilines is 1. The number of amides is 1. The number of imidazole rings is 1. The average molecular weight is 566 g/mol. The van der Waals surface area contributed by atoms with Crippen molar-refractivity contribution in [2.24, 2.45) is 11.8 Å². The Bertz CT molecular complexity index is 1250. The smallest absolute Gasteiger partial charge is 0.248 e. The number of methoxy groups -OCH3 is 1. The van der Waals surface area contributed by atoms with Gasteiger partial charge in [-0.1, -0.05) is 42.7 Å². The summed E-state index contributed by atoms with van der Waals surface area (Å²) in [7, 11) is 5.16. The molecule has 40 heavy (non-hydrogen) atoms. The second-order valence-corrected chi connectivity index (χ2v) is 13.0. The molecule has 1 aliphatic heterocycles. The van der Waals surface area contributed by atoms with E-state index in [9.17, 15) is 4.79 Å². The van der Waals surface area contributed by atoms with Crippen LogP contribution in [0.5, 0.6) is 0 Å². The first kappa shape index (κ1) is 27.7. The van der Waals surface area contributed by atoms with Gasteiger partial charge in [0.2, 0.25) is 10.9 Å². The predicted molar refractivity (Wildman–Crippen MR) is 159 cm³/mol. The standard InChI is InChI=1S/C31H43N5O3S/c1-34(39-3)29(37)24-11-9-23(10-12-24)28-33-36-21-27(32-30(36)40-28)22-13-15-26(16-14-22)35-19-17-31(38-2,18-20-35)25-7-5-4-6-8-25/h13-16,21,23-25H,4-12,17-20H2,1-3H3. The number of benzene rings is 1. The van der Waals surface area contributed by atoms with Crippen molar-refractivity contribution < 1.29 is 14.4 Å². The number of hydroxylamine groups is 2. The Morgan fingerprint density at radius 3 is 2.33 bits per heavy atom. The highest BCUT2D eigenvalue weighted by atomic mass is 32.1. The minimum Gasteiger partial charge on any atom is -0.378 e. The molecule has 0 N–H and O–H groups in total. The topological polar surface area (TPSA) is 72.2 Å². The molecule has 2 saturated carbocycles. The maximum Gasteiger partial charge on any atom is 0.248 e. The molecule has 0 bridgehead atoms. The van der Waals surface area contributed by atoms with Crippen LogP contribution in [0.2, 0.25) is 0 Å². The van der Waals surface area contributed by atoms with Gasteiger partial charge >= 0.3 is 0 Å². The summed E-state index contributed by atoms with van der Waals surface area (Å²) < 4.78 is 8.14. The van der Waals surface area contributed by atoms with Crippen molar-refractivity contribution in [1.29, 1.82) is 0 Å². The molecule has 9 heteroatoms. The van der Waals surface area contributed by atoms with Crippen molar-refractivity contribution in [3.05, 3.63) is 35.5 Å². The second-order valence-electron chi connectivity index (χ2n) is 12.0. The summed E-state index contributed by atoms with van der Waals surface area (Å²) in [6.45, 7) is 2.10. The predicted octanol–water partition coefficient (Wildman–Crippen LogP) is 6.32. The van der Waals surface area contributed by atoms with Crippen LogP contribution in [0, 0.1) is 11.8 Å². The molecule has 0 atom stereocenters. The van der Waals surface area contributed by atoms with Gasteiger partial charge < -0.3 is 9.64 Å². The first-order valence-electron chi connectivity index (χ1n) is 15.1. The highest BCUT2D eigenvalue weighted by Crippen LogP contribution is 2.42. The quantitative estimate of drug-likeness (QED) is 0.312. The van der Waals surface area contributed by atoms with Crippen LogP contribution in [-0.4, -0.2) is 65.5 Å². The molecule has 0 spiro atoms.